The third-order valence-electron chi connectivity index (χ3n) is 16.9. The van der Waals surface area contributed by atoms with E-state index in [1.807, 2.05) is 129 Å². The third-order valence-corrected chi connectivity index (χ3v) is 32.3. The lowest BCUT2D eigenvalue weighted by atomic mass is 9.98. The Hall–Kier alpha value is -2.40. The van der Waals surface area contributed by atoms with Gasteiger partial charge in [0.15, 0.2) is 0 Å². The fourth-order valence-corrected chi connectivity index (χ4v) is 26.6. The van der Waals surface area contributed by atoms with Crippen LogP contribution in [-0.2, 0) is 58.3 Å². The molecule has 6 aromatic heterocycles. The Labute approximate surface area is 608 Å². The highest BCUT2D eigenvalue weighted by molar-refractivity contribution is 8.27. The van der Waals surface area contributed by atoms with Gasteiger partial charge in [-0.15, -0.1) is 115 Å². The molecule has 4 nitrogen and oxygen atoms in total. The molecular formula is C74H84N2O2S14. The highest BCUT2D eigenvalue weighted by Gasteiger charge is 2.38. The minimum Gasteiger partial charge on any atom is -0.293 e. The summed E-state index contributed by atoms with van der Waals surface area (Å²) in [5.41, 5.74) is 10.2. The number of nitrogens with zero attached hydrogens (tertiary/aromatic N) is 2. The van der Waals surface area contributed by atoms with E-state index < -0.39 is 0 Å². The molecule has 18 heteroatoms. The highest BCUT2D eigenvalue weighted by Crippen LogP contribution is 2.61. The molecule has 2 amide bonds. The zero-order valence-corrected chi connectivity index (χ0v) is 65.3. The van der Waals surface area contributed by atoms with Crippen molar-refractivity contribution in [1.29, 1.82) is 0 Å². The van der Waals surface area contributed by atoms with E-state index in [1.54, 1.807) is 9.80 Å². The van der Waals surface area contributed by atoms with Crippen molar-refractivity contribution in [2.45, 2.75) is 193 Å². The Morgan fingerprint density at radius 3 is 0.967 bits per heavy atom. The van der Waals surface area contributed by atoms with Crippen LogP contribution < -0.4 is 0 Å². The Morgan fingerprint density at radius 1 is 0.380 bits per heavy atom. The molecule has 2 fully saturated rings. The van der Waals surface area contributed by atoms with Crippen LogP contribution >= 0.6 is 163 Å². The maximum absolute atomic E-state index is 13.9. The summed E-state index contributed by atoms with van der Waals surface area (Å²) in [6.45, 7) is 14.3. The first-order valence-electron chi connectivity index (χ1n) is 33.3. The van der Waals surface area contributed by atoms with Crippen molar-refractivity contribution in [1.82, 2.24) is 9.80 Å². The van der Waals surface area contributed by atoms with Crippen molar-refractivity contribution in [3.8, 4) is 20.9 Å². The third kappa shape index (κ3) is 17.5. The van der Waals surface area contributed by atoms with Crippen molar-refractivity contribution in [3.05, 3.63) is 162 Å². The van der Waals surface area contributed by atoms with Crippen molar-refractivity contribution in [3.63, 3.8) is 0 Å². The lowest BCUT2D eigenvalue weighted by Crippen LogP contribution is -2.27. The van der Waals surface area contributed by atoms with Gasteiger partial charge in [0.1, 0.15) is 8.64 Å². The number of thioether (sulfide) groups is 6. The fourth-order valence-electron chi connectivity index (χ4n) is 12.0. The predicted octanol–water partition coefficient (Wildman–Crippen LogP) is 26.1. The van der Waals surface area contributed by atoms with Gasteiger partial charge in [-0.1, -0.05) is 153 Å². The molecule has 0 saturated carbocycles. The van der Waals surface area contributed by atoms with Crippen molar-refractivity contribution < 1.29 is 9.59 Å². The number of amides is 2. The topological polar surface area (TPSA) is 40.6 Å². The number of thiocarbonyl (C=S) groups is 2. The molecule has 92 heavy (non-hydrogen) atoms. The first-order valence-corrected chi connectivity index (χ1v) is 44.5. The number of carbonyl (C=O) groups is 2. The lowest BCUT2D eigenvalue weighted by molar-refractivity contribution is -0.122. The number of hydrogen-bond acceptors (Lipinski definition) is 16. The number of likely N-dealkylation sites (N-methyl/N-ethyl adjacent to an activating group) is 2. The summed E-state index contributed by atoms with van der Waals surface area (Å²) in [6.07, 6.45) is 29.1. The van der Waals surface area contributed by atoms with E-state index in [0.29, 0.717) is 31.5 Å². The van der Waals surface area contributed by atoms with Crippen LogP contribution in [-0.4, -0.2) is 43.3 Å². The minimum atomic E-state index is -0.00513. The summed E-state index contributed by atoms with van der Waals surface area (Å²) < 4.78 is 3.94. The van der Waals surface area contributed by atoms with Gasteiger partial charge in [0.25, 0.3) is 11.8 Å². The second-order valence-corrected chi connectivity index (χ2v) is 38.8. The molecule has 2 saturated heterocycles. The van der Waals surface area contributed by atoms with Crippen LogP contribution in [0.1, 0.15) is 215 Å². The van der Waals surface area contributed by atoms with Crippen LogP contribution in [0.5, 0.6) is 0 Å². The van der Waals surface area contributed by atoms with E-state index in [1.165, 1.54) is 228 Å². The molecule has 0 N–H and O–H groups in total. The van der Waals surface area contributed by atoms with Crippen LogP contribution in [0.25, 0.3) is 44.2 Å². The molecule has 0 spiro atoms. The van der Waals surface area contributed by atoms with E-state index in [4.69, 9.17) is 24.4 Å². The average molecular weight is 1480 g/mol. The van der Waals surface area contributed by atoms with Gasteiger partial charge in [0, 0.05) is 137 Å². The summed E-state index contributed by atoms with van der Waals surface area (Å²) in [5.74, 6) is 3.57. The molecule has 11 rings (SSSR count). The average Bonchev–Trinajstić information content (AvgIpc) is 1.56. The van der Waals surface area contributed by atoms with Crippen LogP contribution in [0, 0.1) is 0 Å². The van der Waals surface area contributed by atoms with Crippen molar-refractivity contribution in [2.75, 3.05) is 13.1 Å². The van der Waals surface area contributed by atoms with Gasteiger partial charge in [-0.05, 0) is 161 Å². The standard InChI is InChI=1S/C74H84N2O2S14/c1-7-13-17-21-25-47-29-33-51(85-47)43-81-71(82-44-52-34-30-48(86-52)26-22-18-14-8-2)65-57-41-60-58(42-59(57)67-61(65)37-55(89-67)39-63-69(77)75(11-5)73(79)91-63)66(62-38-56(90-68(60)62)40-64-70(78)76(12-6)74(80)92-64)72(83-45-53-35-31-49(87-53)27-23-19-15-9-3)84-46-54-36-32-50(88-54)28-24-20-16-10-4/h29-42H,7-28,43-46H2,1-6H3/b63-39+,64-40+. The van der Waals surface area contributed by atoms with Crippen molar-refractivity contribution in [2.24, 2.45) is 0 Å². The normalized spacial score (nSPS) is 15.2. The Kier molecular flexibility index (Phi) is 26.9. The summed E-state index contributed by atoms with van der Waals surface area (Å²) in [6, 6.07) is 28.9. The number of thiophene rings is 6. The van der Waals surface area contributed by atoms with Gasteiger partial charge in [-0.2, -0.15) is 0 Å². The van der Waals surface area contributed by atoms with Crippen LogP contribution in [0.4, 0.5) is 0 Å². The van der Waals surface area contributed by atoms with Gasteiger partial charge in [-0.25, -0.2) is 0 Å². The largest absolute Gasteiger partial charge is 0.293 e. The zero-order chi connectivity index (χ0) is 64.1. The maximum Gasteiger partial charge on any atom is 0.266 e. The Morgan fingerprint density at radius 2 is 0.685 bits per heavy atom. The number of benzene rings is 1. The number of unbranched alkanes of at least 4 members (excludes halogenated alkanes) is 12. The van der Waals surface area contributed by atoms with Gasteiger partial charge >= 0.3 is 0 Å². The molecule has 7 aromatic rings. The number of fused-ring (bicyclic) bond motifs is 6. The molecule has 2 aliphatic heterocycles. The molecule has 0 radical (unpaired) electrons. The van der Waals surface area contributed by atoms with Gasteiger partial charge in [0.2, 0.25) is 0 Å². The molecule has 0 atom stereocenters. The summed E-state index contributed by atoms with van der Waals surface area (Å²) in [7, 11) is 0. The van der Waals surface area contributed by atoms with E-state index in [-0.39, 0.29) is 11.8 Å². The summed E-state index contributed by atoms with van der Waals surface area (Å²) >= 11 is 34.0. The second kappa shape index (κ2) is 34.9. The quantitative estimate of drug-likeness (QED) is 0.0215. The molecule has 8 heterocycles. The predicted molar refractivity (Wildman–Crippen MR) is 430 cm³/mol. The minimum absolute atomic E-state index is 0.00513. The van der Waals surface area contributed by atoms with Crippen LogP contribution in [0.3, 0.4) is 0 Å². The summed E-state index contributed by atoms with van der Waals surface area (Å²) in [5, 5.41) is 0. The highest BCUT2D eigenvalue weighted by atomic mass is 32.2. The van der Waals surface area contributed by atoms with Gasteiger partial charge in [0.05, 0.1) is 9.81 Å². The van der Waals surface area contributed by atoms with E-state index in [9.17, 15) is 9.59 Å². The number of hydrogen-bond donors (Lipinski definition) is 0. The summed E-state index contributed by atoms with van der Waals surface area (Å²) in [4.78, 5) is 49.0. The number of rotatable bonds is 36. The monoisotopic (exact) mass is 1480 g/mol. The SMILES string of the molecule is CCCCCCc1ccc(CSC(SCc2ccc(CCCCCC)s2)=C2c3cc4c(cc3-c3sc(/C=C5/SC(=S)N(CC)C5=O)cc32)C(=C(SCc2ccc(CCCCCC)s2)SCc2ccc(CCCCCC)s2)c2cc(/C=C3/SC(=S)N(CC)C3=O)sc2-4)s1. The molecule has 2 aliphatic carbocycles. The van der Waals surface area contributed by atoms with Crippen LogP contribution in [0.2, 0.25) is 0 Å². The van der Waals surface area contributed by atoms with E-state index in [2.05, 4.69) is 113 Å². The van der Waals surface area contributed by atoms with Gasteiger partial charge in [-0.3, -0.25) is 19.4 Å². The Balaban J connectivity index is 1.06. The molecule has 1 aromatic carbocycles. The van der Waals surface area contributed by atoms with E-state index >= 15 is 0 Å². The van der Waals surface area contributed by atoms with Gasteiger partial charge < -0.3 is 0 Å². The number of carbonyl (C=O) groups excluding carboxylic acids is 2. The molecule has 486 valence electrons. The van der Waals surface area contributed by atoms with E-state index in [0.717, 1.165) is 58.4 Å². The molecule has 0 bridgehead atoms. The van der Waals surface area contributed by atoms with Crippen LogP contribution in [0.15, 0.2) is 91.1 Å². The smallest absolute Gasteiger partial charge is 0.266 e. The Bertz CT molecular complexity index is 3530. The van der Waals surface area contributed by atoms with Crippen molar-refractivity contribution >= 4 is 207 Å². The number of aryl methyl sites for hydroxylation is 4. The molecular weight excluding hydrogens is 1400 g/mol. The first-order chi connectivity index (χ1) is 45.0. The lowest BCUT2D eigenvalue weighted by Gasteiger charge is -2.15. The first kappa shape index (κ1) is 70.9. The molecule has 0 unspecified atom stereocenters. The zero-order valence-electron chi connectivity index (χ0n) is 53.9. The fraction of sp³-hybridized carbons (Fsp3) is 0.432. The maximum atomic E-state index is 13.9. The molecule has 4 aliphatic rings. The second-order valence-electron chi connectivity index (χ2n) is 23.8.